The number of carboxylic acids is 1. The van der Waals surface area contributed by atoms with Crippen LogP contribution in [0.4, 0.5) is 10.8 Å². The van der Waals surface area contributed by atoms with Crippen molar-refractivity contribution >= 4 is 38.3 Å². The maximum Gasteiger partial charge on any atom is 0.312 e. The van der Waals surface area contributed by atoms with Gasteiger partial charge >= 0.3 is 5.97 Å². The summed E-state index contributed by atoms with van der Waals surface area (Å²) >= 11 is 1.62. The SMILES string of the molecule is CC(C)(COc1ccc(-c2ccc(Nc3nc4ccccc4s3)cc2)cn1)C(=O)O. The van der Waals surface area contributed by atoms with E-state index in [-0.39, 0.29) is 6.61 Å². The topological polar surface area (TPSA) is 84.3 Å². The Morgan fingerprint density at radius 1 is 1.07 bits per heavy atom. The molecule has 0 saturated heterocycles. The smallest absolute Gasteiger partial charge is 0.312 e. The van der Waals surface area contributed by atoms with Crippen molar-refractivity contribution in [2.75, 3.05) is 11.9 Å². The number of aromatic nitrogens is 2. The van der Waals surface area contributed by atoms with E-state index in [4.69, 9.17) is 9.84 Å². The van der Waals surface area contributed by atoms with Gasteiger partial charge in [-0.1, -0.05) is 35.6 Å². The standard InChI is InChI=1S/C23H21N3O3S/c1-23(2,21(27)28)14-29-20-12-9-16(13-24-20)15-7-10-17(11-8-15)25-22-26-18-5-3-4-6-19(18)30-22/h3-13H,14H2,1-2H3,(H,25,26)(H,27,28). The lowest BCUT2D eigenvalue weighted by atomic mass is 9.95. The number of hydrogen-bond acceptors (Lipinski definition) is 6. The van der Waals surface area contributed by atoms with E-state index < -0.39 is 11.4 Å². The van der Waals surface area contributed by atoms with Gasteiger partial charge in [-0.3, -0.25) is 4.79 Å². The number of pyridine rings is 1. The maximum absolute atomic E-state index is 11.2. The number of fused-ring (bicyclic) bond motifs is 1. The second-order valence-electron chi connectivity index (χ2n) is 7.55. The number of anilines is 2. The maximum atomic E-state index is 11.2. The van der Waals surface area contributed by atoms with Gasteiger partial charge < -0.3 is 15.2 Å². The van der Waals surface area contributed by atoms with Gasteiger partial charge in [-0.05, 0) is 49.7 Å². The Morgan fingerprint density at radius 3 is 2.47 bits per heavy atom. The van der Waals surface area contributed by atoms with Crippen LogP contribution < -0.4 is 10.1 Å². The monoisotopic (exact) mass is 419 g/mol. The molecule has 152 valence electrons. The molecule has 7 heteroatoms. The minimum atomic E-state index is -0.966. The predicted octanol–water partition coefficient (Wildman–Crippen LogP) is 5.59. The van der Waals surface area contributed by atoms with Crippen molar-refractivity contribution in [3.63, 3.8) is 0 Å². The summed E-state index contributed by atoms with van der Waals surface area (Å²) < 4.78 is 6.68. The van der Waals surface area contributed by atoms with Crippen LogP contribution in [0.15, 0.2) is 66.9 Å². The van der Waals surface area contributed by atoms with Gasteiger partial charge in [0.2, 0.25) is 5.88 Å². The number of rotatable bonds is 7. The van der Waals surface area contributed by atoms with Crippen LogP contribution in [0, 0.1) is 5.41 Å². The van der Waals surface area contributed by atoms with E-state index in [0.717, 1.165) is 32.2 Å². The lowest BCUT2D eigenvalue weighted by Crippen LogP contribution is -2.30. The summed E-state index contributed by atoms with van der Waals surface area (Å²) in [7, 11) is 0. The van der Waals surface area contributed by atoms with Crippen molar-refractivity contribution in [3.8, 4) is 17.0 Å². The molecule has 0 aliphatic heterocycles. The molecule has 2 N–H and O–H groups in total. The van der Waals surface area contributed by atoms with Gasteiger partial charge in [-0.15, -0.1) is 0 Å². The van der Waals surface area contributed by atoms with Gasteiger partial charge in [0, 0.05) is 23.5 Å². The van der Waals surface area contributed by atoms with Crippen LogP contribution in [0.3, 0.4) is 0 Å². The van der Waals surface area contributed by atoms with Crippen molar-refractivity contribution in [1.82, 2.24) is 9.97 Å². The highest BCUT2D eigenvalue weighted by Gasteiger charge is 2.28. The summed E-state index contributed by atoms with van der Waals surface area (Å²) in [5.41, 5.74) is 2.96. The summed E-state index contributed by atoms with van der Waals surface area (Å²) in [6.45, 7) is 3.29. The fraction of sp³-hybridized carbons (Fsp3) is 0.174. The first kappa shape index (κ1) is 19.8. The van der Waals surface area contributed by atoms with Gasteiger partial charge in [-0.2, -0.15) is 0 Å². The van der Waals surface area contributed by atoms with Crippen LogP contribution in [0.1, 0.15) is 13.8 Å². The van der Waals surface area contributed by atoms with Gasteiger partial charge in [0.15, 0.2) is 5.13 Å². The zero-order valence-corrected chi connectivity index (χ0v) is 17.4. The number of hydrogen-bond donors (Lipinski definition) is 2. The molecule has 0 atom stereocenters. The average Bonchev–Trinajstić information content (AvgIpc) is 3.15. The molecule has 0 saturated carbocycles. The van der Waals surface area contributed by atoms with Crippen LogP contribution in [-0.4, -0.2) is 27.7 Å². The molecule has 4 rings (SSSR count). The number of thiazole rings is 1. The first-order valence-electron chi connectivity index (χ1n) is 9.46. The third-order valence-electron chi connectivity index (χ3n) is 4.66. The third-order valence-corrected chi connectivity index (χ3v) is 5.61. The molecule has 2 heterocycles. The number of aliphatic carboxylic acids is 1. The summed E-state index contributed by atoms with van der Waals surface area (Å²) in [5, 5.41) is 13.4. The first-order valence-corrected chi connectivity index (χ1v) is 10.3. The van der Waals surface area contributed by atoms with Crippen molar-refractivity contribution in [2.24, 2.45) is 5.41 Å². The normalized spacial score (nSPS) is 11.4. The predicted molar refractivity (Wildman–Crippen MR) is 119 cm³/mol. The quantitative estimate of drug-likeness (QED) is 0.406. The minimum Gasteiger partial charge on any atom is -0.481 e. The molecule has 30 heavy (non-hydrogen) atoms. The Balaban J connectivity index is 1.41. The van der Waals surface area contributed by atoms with E-state index in [0.29, 0.717) is 5.88 Å². The first-order chi connectivity index (χ1) is 14.4. The molecule has 6 nitrogen and oxygen atoms in total. The number of carbonyl (C=O) groups is 1. The van der Waals surface area contributed by atoms with E-state index in [2.05, 4.69) is 21.4 Å². The van der Waals surface area contributed by atoms with Crippen LogP contribution in [0.2, 0.25) is 0 Å². The molecular formula is C23H21N3O3S. The molecule has 0 unspecified atom stereocenters. The van der Waals surface area contributed by atoms with Gasteiger partial charge in [0.05, 0.1) is 15.6 Å². The van der Waals surface area contributed by atoms with Crippen LogP contribution in [-0.2, 0) is 4.79 Å². The zero-order chi connectivity index (χ0) is 21.1. The third kappa shape index (κ3) is 4.41. The Bertz CT molecular complexity index is 1140. The summed E-state index contributed by atoms with van der Waals surface area (Å²) in [6.07, 6.45) is 1.72. The fourth-order valence-corrected chi connectivity index (χ4v) is 3.63. The summed E-state index contributed by atoms with van der Waals surface area (Å²) in [4.78, 5) is 20.0. The van der Waals surface area contributed by atoms with E-state index in [9.17, 15) is 4.79 Å². The van der Waals surface area contributed by atoms with Crippen molar-refractivity contribution in [1.29, 1.82) is 0 Å². The number of benzene rings is 2. The van der Waals surface area contributed by atoms with Crippen molar-refractivity contribution < 1.29 is 14.6 Å². The fourth-order valence-electron chi connectivity index (χ4n) is 2.75. The molecule has 4 aromatic rings. The van der Waals surface area contributed by atoms with Crippen LogP contribution in [0.5, 0.6) is 5.88 Å². The molecule has 0 bridgehead atoms. The van der Waals surface area contributed by atoms with E-state index >= 15 is 0 Å². The average molecular weight is 420 g/mol. The molecule has 0 radical (unpaired) electrons. The largest absolute Gasteiger partial charge is 0.481 e. The van der Waals surface area contributed by atoms with E-state index in [1.54, 1.807) is 37.4 Å². The van der Waals surface area contributed by atoms with Crippen molar-refractivity contribution in [3.05, 3.63) is 66.9 Å². The molecule has 2 aromatic heterocycles. The molecule has 0 amide bonds. The molecule has 0 fully saturated rings. The van der Waals surface area contributed by atoms with Crippen molar-refractivity contribution in [2.45, 2.75) is 13.8 Å². The second kappa shape index (κ2) is 8.12. The van der Waals surface area contributed by atoms with Gasteiger partial charge in [0.1, 0.15) is 6.61 Å². The minimum absolute atomic E-state index is 0.0564. The zero-order valence-electron chi connectivity index (χ0n) is 16.6. The van der Waals surface area contributed by atoms with E-state index in [1.807, 2.05) is 48.5 Å². The molecule has 0 aliphatic rings. The molecule has 0 spiro atoms. The lowest BCUT2D eigenvalue weighted by molar-refractivity contribution is -0.148. The number of para-hydroxylation sites is 1. The highest BCUT2D eigenvalue weighted by Crippen LogP contribution is 2.29. The highest BCUT2D eigenvalue weighted by molar-refractivity contribution is 7.22. The van der Waals surface area contributed by atoms with E-state index in [1.165, 1.54) is 0 Å². The second-order valence-corrected chi connectivity index (χ2v) is 8.58. The van der Waals surface area contributed by atoms with Gasteiger partial charge in [-0.25, -0.2) is 9.97 Å². The number of nitrogens with one attached hydrogen (secondary N) is 1. The molecule has 2 aromatic carbocycles. The lowest BCUT2D eigenvalue weighted by Gasteiger charge is -2.18. The number of nitrogens with zero attached hydrogens (tertiary/aromatic N) is 2. The highest BCUT2D eigenvalue weighted by atomic mass is 32.1. The Morgan fingerprint density at radius 2 is 1.80 bits per heavy atom. The van der Waals surface area contributed by atoms with Crippen LogP contribution >= 0.6 is 11.3 Å². The Hall–Kier alpha value is -3.45. The van der Waals surface area contributed by atoms with Crippen LogP contribution in [0.25, 0.3) is 21.3 Å². The summed E-state index contributed by atoms with van der Waals surface area (Å²) in [5.74, 6) is -0.499. The molecular weight excluding hydrogens is 398 g/mol. The Labute approximate surface area is 178 Å². The van der Waals surface area contributed by atoms with Gasteiger partial charge in [0.25, 0.3) is 0 Å². The number of carboxylic acid groups (broad SMARTS) is 1. The Kier molecular flexibility index (Phi) is 5.37. The summed E-state index contributed by atoms with van der Waals surface area (Å²) in [6, 6.07) is 19.7. The molecule has 0 aliphatic carbocycles. The number of ether oxygens (including phenoxy) is 1.